The molecule has 0 aliphatic heterocycles. The minimum Gasteiger partial charge on any atom is -1.00 e. The quantitative estimate of drug-likeness (QED) is 0.0351. The SMILES string of the molecule is CCCCCCCCCCCCCCCCCC(=O)O.CCCCCCCCCCCCCCCCCC(=O)O.CCCCCCCCCCCCCCCCCC(=O)O.N.[Ca+2].[H-].[H-]. The van der Waals surface area contributed by atoms with Gasteiger partial charge in [0, 0.05) is 19.3 Å². The zero-order chi connectivity index (χ0) is 44.7. The molecule has 6 N–H and O–H groups in total. The molecule has 0 spiro atoms. The summed E-state index contributed by atoms with van der Waals surface area (Å²) in [7, 11) is 0. The standard InChI is InChI=1S/3C18H36O2.Ca.H3N.2H/c3*1-2-3-4-5-6-7-8-9-10-11-12-13-14-15-16-17-18(19)20;;;;/h3*2-17H2,1H3,(H,19,20);;1H3;;/q;;;+2;;2*-1. The van der Waals surface area contributed by atoms with Gasteiger partial charge in [-0.15, -0.1) is 0 Å². The van der Waals surface area contributed by atoms with Crippen LogP contribution in [0, 0.1) is 0 Å². The topological polar surface area (TPSA) is 147 Å². The van der Waals surface area contributed by atoms with Gasteiger partial charge < -0.3 is 24.3 Å². The summed E-state index contributed by atoms with van der Waals surface area (Å²) >= 11 is 0. The number of rotatable bonds is 48. The number of carboxylic acids is 3. The molecule has 0 aliphatic carbocycles. The molecule has 0 saturated carbocycles. The minimum atomic E-state index is -0.653. The van der Waals surface area contributed by atoms with Crippen LogP contribution in [0.5, 0.6) is 0 Å². The van der Waals surface area contributed by atoms with E-state index >= 15 is 0 Å². The predicted molar refractivity (Wildman–Crippen MR) is 275 cm³/mol. The molecule has 0 rings (SSSR count). The van der Waals surface area contributed by atoms with Crippen molar-refractivity contribution in [2.75, 3.05) is 0 Å². The van der Waals surface area contributed by atoms with Crippen LogP contribution >= 0.6 is 0 Å². The maximum absolute atomic E-state index is 10.3. The van der Waals surface area contributed by atoms with Crippen LogP contribution in [0.1, 0.15) is 332 Å². The van der Waals surface area contributed by atoms with Crippen LogP contribution in [0.15, 0.2) is 0 Å². The summed E-state index contributed by atoms with van der Waals surface area (Å²) < 4.78 is 0. The Hall–Kier alpha value is -0.370. The maximum atomic E-state index is 10.3. The number of carbonyl (C=O) groups is 3. The van der Waals surface area contributed by atoms with Crippen LogP contribution in [0.2, 0.25) is 0 Å². The third-order valence-electron chi connectivity index (χ3n) is 12.0. The first-order chi connectivity index (χ1) is 29.3. The zero-order valence-corrected chi connectivity index (χ0v) is 44.6. The van der Waals surface area contributed by atoms with Gasteiger partial charge in [-0.3, -0.25) is 14.4 Å². The van der Waals surface area contributed by atoms with E-state index in [1.807, 2.05) is 0 Å². The summed E-state index contributed by atoms with van der Waals surface area (Å²) in [6.45, 7) is 6.81. The van der Waals surface area contributed by atoms with Gasteiger partial charge in [-0.1, -0.05) is 290 Å². The Bertz CT molecular complexity index is 737. The number of carboxylic acid groups (broad SMARTS) is 3. The fourth-order valence-electron chi connectivity index (χ4n) is 7.94. The van der Waals surface area contributed by atoms with Gasteiger partial charge in [0.15, 0.2) is 0 Å². The first-order valence-corrected chi connectivity index (χ1v) is 27.0. The third kappa shape index (κ3) is 80.0. The molecule has 0 unspecified atom stereocenters. The molecule has 8 heteroatoms. The molecule has 0 radical (unpaired) electrons. The van der Waals surface area contributed by atoms with Gasteiger partial charge in [-0.05, 0) is 19.3 Å². The average Bonchev–Trinajstić information content (AvgIpc) is 3.22. The number of aliphatic carboxylic acids is 3. The van der Waals surface area contributed by atoms with E-state index in [1.165, 1.54) is 250 Å². The van der Waals surface area contributed by atoms with Crippen molar-refractivity contribution < 1.29 is 32.6 Å². The van der Waals surface area contributed by atoms with Crippen molar-refractivity contribution >= 4 is 55.6 Å². The Labute approximate surface area is 420 Å². The van der Waals surface area contributed by atoms with Crippen molar-refractivity contribution in [1.82, 2.24) is 6.15 Å². The molecule has 7 nitrogen and oxygen atoms in total. The molecule has 0 amide bonds. The van der Waals surface area contributed by atoms with Crippen molar-refractivity contribution in [3.05, 3.63) is 0 Å². The molecule has 0 bridgehead atoms. The van der Waals surface area contributed by atoms with Crippen molar-refractivity contribution in [2.24, 2.45) is 0 Å². The molecule has 0 aliphatic rings. The van der Waals surface area contributed by atoms with Crippen LogP contribution in [0.3, 0.4) is 0 Å². The molecular weight excluding hydrogens is 799 g/mol. The van der Waals surface area contributed by atoms with Gasteiger partial charge >= 0.3 is 55.6 Å². The largest absolute Gasteiger partial charge is 2.00 e. The smallest absolute Gasteiger partial charge is 1.00 e. The average molecular weight is 913 g/mol. The molecule has 0 atom stereocenters. The summed E-state index contributed by atoms with van der Waals surface area (Å²) in [5.74, 6) is -1.96. The van der Waals surface area contributed by atoms with Crippen LogP contribution in [0.4, 0.5) is 0 Å². The summed E-state index contributed by atoms with van der Waals surface area (Å²) in [5.41, 5.74) is 0. The van der Waals surface area contributed by atoms with Crippen LogP contribution in [-0.4, -0.2) is 71.0 Å². The van der Waals surface area contributed by atoms with Gasteiger partial charge in [0.25, 0.3) is 0 Å². The Kier molecular flexibility index (Phi) is 76.6. The molecule has 0 fully saturated rings. The van der Waals surface area contributed by atoms with Gasteiger partial charge in [-0.2, -0.15) is 0 Å². The molecular formula is C54H113CaNO6. The monoisotopic (exact) mass is 912 g/mol. The predicted octanol–water partition coefficient (Wildman–Crippen LogP) is 19.0. The first kappa shape index (κ1) is 70.6. The zero-order valence-electron chi connectivity index (χ0n) is 44.4. The van der Waals surface area contributed by atoms with Crippen LogP contribution in [-0.2, 0) is 14.4 Å². The Morgan fingerprint density at radius 3 is 0.435 bits per heavy atom. The molecule has 0 heterocycles. The molecule has 372 valence electrons. The van der Waals surface area contributed by atoms with Gasteiger partial charge in [0.2, 0.25) is 0 Å². The second kappa shape index (κ2) is 67.2. The second-order valence-electron chi connectivity index (χ2n) is 18.3. The first-order valence-electron chi connectivity index (χ1n) is 27.0. The van der Waals surface area contributed by atoms with Crippen molar-refractivity contribution in [1.29, 1.82) is 0 Å². The van der Waals surface area contributed by atoms with E-state index in [1.54, 1.807) is 0 Å². The Morgan fingerprint density at radius 2 is 0.339 bits per heavy atom. The minimum absolute atomic E-state index is 0. The fourth-order valence-corrected chi connectivity index (χ4v) is 7.94. The Morgan fingerprint density at radius 1 is 0.242 bits per heavy atom. The number of hydrogen-bond donors (Lipinski definition) is 4. The summed E-state index contributed by atoms with van der Waals surface area (Å²) in [6.07, 6.45) is 60.6. The van der Waals surface area contributed by atoms with Gasteiger partial charge in [-0.25, -0.2) is 0 Å². The molecule has 0 aromatic rings. The molecule has 62 heavy (non-hydrogen) atoms. The van der Waals surface area contributed by atoms with E-state index in [0.29, 0.717) is 19.3 Å². The summed E-state index contributed by atoms with van der Waals surface area (Å²) in [6, 6.07) is 0. The molecule has 0 saturated heterocycles. The summed E-state index contributed by atoms with van der Waals surface area (Å²) in [4.78, 5) is 31.0. The normalized spacial score (nSPS) is 10.5. The number of hydrogen-bond acceptors (Lipinski definition) is 4. The number of unbranched alkanes of at least 4 members (excludes halogenated alkanes) is 42. The van der Waals surface area contributed by atoms with Crippen molar-refractivity contribution in [2.45, 2.75) is 329 Å². The Balaban J connectivity index is -0.000000148. The summed E-state index contributed by atoms with van der Waals surface area (Å²) in [5, 5.41) is 25.6. The van der Waals surface area contributed by atoms with E-state index in [9.17, 15) is 14.4 Å². The van der Waals surface area contributed by atoms with Gasteiger partial charge in [0.05, 0.1) is 0 Å². The van der Waals surface area contributed by atoms with Gasteiger partial charge in [0.1, 0.15) is 0 Å². The van der Waals surface area contributed by atoms with E-state index in [4.69, 9.17) is 15.3 Å². The van der Waals surface area contributed by atoms with E-state index in [0.717, 1.165) is 38.5 Å². The van der Waals surface area contributed by atoms with E-state index in [2.05, 4.69) is 20.8 Å². The van der Waals surface area contributed by atoms with E-state index < -0.39 is 17.9 Å². The van der Waals surface area contributed by atoms with Crippen molar-refractivity contribution in [3.8, 4) is 0 Å². The van der Waals surface area contributed by atoms with E-state index in [-0.39, 0.29) is 46.7 Å². The second-order valence-corrected chi connectivity index (χ2v) is 18.3. The van der Waals surface area contributed by atoms with Crippen LogP contribution < -0.4 is 6.15 Å². The maximum Gasteiger partial charge on any atom is 2.00 e. The van der Waals surface area contributed by atoms with Crippen molar-refractivity contribution in [3.63, 3.8) is 0 Å². The third-order valence-corrected chi connectivity index (χ3v) is 12.0. The van der Waals surface area contributed by atoms with Crippen LogP contribution in [0.25, 0.3) is 0 Å². The molecule has 0 aromatic heterocycles. The fraction of sp³-hybridized carbons (Fsp3) is 0.944. The molecule has 0 aromatic carbocycles.